The largest absolute Gasteiger partial charge is 0.493 e. The van der Waals surface area contributed by atoms with Crippen molar-refractivity contribution in [2.45, 2.75) is 12.8 Å². The predicted molar refractivity (Wildman–Crippen MR) is 81.7 cm³/mol. The summed E-state index contributed by atoms with van der Waals surface area (Å²) < 4.78 is 30.2. The molecule has 0 saturated heterocycles. The fourth-order valence-electron chi connectivity index (χ4n) is 2.10. The van der Waals surface area contributed by atoms with Gasteiger partial charge in [0, 0.05) is 12.7 Å². The number of ether oxygens (including phenoxy) is 3. The highest BCUT2D eigenvalue weighted by molar-refractivity contribution is 5.46. The molecule has 8 nitrogen and oxygen atoms in total. The van der Waals surface area contributed by atoms with Gasteiger partial charge in [0.25, 0.3) is 5.56 Å². The quantitative estimate of drug-likeness (QED) is 0.756. The zero-order chi connectivity index (χ0) is 17.7. The fourth-order valence-corrected chi connectivity index (χ4v) is 2.10. The zero-order valence-corrected chi connectivity index (χ0v) is 13.1. The molecule has 1 atom stereocenters. The first-order valence-corrected chi connectivity index (χ1v) is 6.95. The molecule has 0 aliphatic carbocycles. The van der Waals surface area contributed by atoms with Crippen LogP contribution in [0.25, 0.3) is 0 Å². The summed E-state index contributed by atoms with van der Waals surface area (Å²) in [5, 5.41) is 9.38. The average Bonchev–Trinajstić information content (AvgIpc) is 2.59. The molecule has 0 amide bonds. The van der Waals surface area contributed by atoms with E-state index in [0.29, 0.717) is 11.3 Å². The van der Waals surface area contributed by atoms with Gasteiger partial charge in [-0.05, 0) is 6.07 Å². The van der Waals surface area contributed by atoms with Crippen LogP contribution in [0.5, 0.6) is 11.5 Å². The normalized spacial score (nSPS) is 12.0. The molecule has 0 aliphatic rings. The summed E-state index contributed by atoms with van der Waals surface area (Å²) in [5.41, 5.74) is -1.47. The van der Waals surface area contributed by atoms with Crippen LogP contribution in [0.3, 0.4) is 0 Å². The highest BCUT2D eigenvalue weighted by Crippen LogP contribution is 2.31. The predicted octanol–water partition coefficient (Wildman–Crippen LogP) is 0.401. The molecule has 0 spiro atoms. The number of para-hydroxylation sites is 1. The molecule has 0 radical (unpaired) electrons. The number of H-pyrrole nitrogens is 1. The van der Waals surface area contributed by atoms with E-state index < -0.39 is 23.3 Å². The van der Waals surface area contributed by atoms with Crippen molar-refractivity contribution in [1.82, 2.24) is 9.55 Å². The summed E-state index contributed by atoms with van der Waals surface area (Å²) in [4.78, 5) is 24.7. The van der Waals surface area contributed by atoms with Crippen LogP contribution in [-0.2, 0) is 11.3 Å². The monoisotopic (exact) mass is 340 g/mol. The molecule has 0 fully saturated rings. The Balaban J connectivity index is 2.29. The first-order chi connectivity index (χ1) is 11.5. The minimum Gasteiger partial charge on any atom is -0.493 e. The van der Waals surface area contributed by atoms with Crippen LogP contribution in [-0.4, -0.2) is 35.5 Å². The maximum Gasteiger partial charge on any atom is 0.330 e. The summed E-state index contributed by atoms with van der Waals surface area (Å²) in [6, 6.07) is 4.97. The van der Waals surface area contributed by atoms with Gasteiger partial charge in [-0.15, -0.1) is 0 Å². The molecule has 130 valence electrons. The number of aliphatic hydroxyl groups excluding tert-OH is 1. The molecule has 1 unspecified atom stereocenters. The van der Waals surface area contributed by atoms with E-state index in [9.17, 15) is 19.1 Å². The van der Waals surface area contributed by atoms with Crippen molar-refractivity contribution in [2.75, 3.05) is 20.8 Å². The second-order valence-electron chi connectivity index (χ2n) is 4.75. The number of aromatic nitrogens is 2. The second kappa shape index (κ2) is 7.75. The van der Waals surface area contributed by atoms with Crippen molar-refractivity contribution < 1.29 is 23.7 Å². The van der Waals surface area contributed by atoms with Crippen LogP contribution in [0, 0.1) is 5.82 Å². The number of halogens is 1. The molecule has 9 heteroatoms. The number of benzene rings is 1. The molecular weight excluding hydrogens is 323 g/mol. The molecule has 2 rings (SSSR count). The SMILES string of the molecule is COc1cccc(CO)c1OCC(OC)n1cc(F)c(=O)[nH]c1=O. The van der Waals surface area contributed by atoms with E-state index in [2.05, 4.69) is 0 Å². The van der Waals surface area contributed by atoms with E-state index in [4.69, 9.17) is 14.2 Å². The highest BCUT2D eigenvalue weighted by Gasteiger charge is 2.17. The number of aliphatic hydroxyl groups is 1. The van der Waals surface area contributed by atoms with E-state index in [0.717, 1.165) is 10.8 Å². The van der Waals surface area contributed by atoms with Gasteiger partial charge in [0.05, 0.1) is 19.9 Å². The first kappa shape index (κ1) is 17.7. The Morgan fingerprint density at radius 3 is 2.71 bits per heavy atom. The van der Waals surface area contributed by atoms with Crippen molar-refractivity contribution >= 4 is 0 Å². The van der Waals surface area contributed by atoms with Crippen LogP contribution < -0.4 is 20.7 Å². The van der Waals surface area contributed by atoms with E-state index >= 15 is 0 Å². The molecule has 0 bridgehead atoms. The molecule has 0 saturated carbocycles. The van der Waals surface area contributed by atoms with Crippen LogP contribution in [0.15, 0.2) is 34.0 Å². The van der Waals surface area contributed by atoms with Gasteiger partial charge in [0.15, 0.2) is 17.7 Å². The van der Waals surface area contributed by atoms with E-state index in [1.807, 2.05) is 4.98 Å². The molecule has 0 aliphatic heterocycles. The third-order valence-corrected chi connectivity index (χ3v) is 3.33. The van der Waals surface area contributed by atoms with Crippen molar-refractivity contribution in [3.05, 3.63) is 56.6 Å². The fraction of sp³-hybridized carbons (Fsp3) is 0.333. The summed E-state index contributed by atoms with van der Waals surface area (Å²) in [6.45, 7) is -0.466. The molecular formula is C15H17FN2O6. The van der Waals surface area contributed by atoms with Crippen LogP contribution in [0.1, 0.15) is 11.8 Å². The maximum atomic E-state index is 13.4. The molecule has 1 heterocycles. The number of hydrogen-bond donors (Lipinski definition) is 2. The van der Waals surface area contributed by atoms with Crippen molar-refractivity contribution in [1.29, 1.82) is 0 Å². The lowest BCUT2D eigenvalue weighted by Gasteiger charge is -2.20. The van der Waals surface area contributed by atoms with Crippen LogP contribution in [0.4, 0.5) is 4.39 Å². The molecule has 2 N–H and O–H groups in total. The molecule has 1 aromatic heterocycles. The van der Waals surface area contributed by atoms with Crippen molar-refractivity contribution in [3.8, 4) is 11.5 Å². The van der Waals surface area contributed by atoms with Gasteiger partial charge in [0.1, 0.15) is 6.61 Å². The zero-order valence-electron chi connectivity index (χ0n) is 13.1. The standard InChI is InChI=1S/C15H17FN2O6/c1-22-11-5-3-4-9(7-19)13(11)24-8-12(23-2)18-6-10(16)14(20)17-15(18)21/h3-6,12,19H,7-8H2,1-2H3,(H,17,20,21). The highest BCUT2D eigenvalue weighted by atomic mass is 19.1. The topological polar surface area (TPSA) is 103 Å². The second-order valence-corrected chi connectivity index (χ2v) is 4.75. The minimum atomic E-state index is -1.12. The maximum absolute atomic E-state index is 13.4. The van der Waals surface area contributed by atoms with Gasteiger partial charge >= 0.3 is 5.69 Å². The first-order valence-electron chi connectivity index (χ1n) is 6.95. The minimum absolute atomic E-state index is 0.185. The number of nitrogens with one attached hydrogen (secondary N) is 1. The van der Waals surface area contributed by atoms with Gasteiger partial charge < -0.3 is 19.3 Å². The van der Waals surface area contributed by atoms with Crippen molar-refractivity contribution in [2.24, 2.45) is 0 Å². The Morgan fingerprint density at radius 2 is 2.08 bits per heavy atom. The van der Waals surface area contributed by atoms with Gasteiger partial charge in [0.2, 0.25) is 5.82 Å². The van der Waals surface area contributed by atoms with E-state index in [1.165, 1.54) is 14.2 Å². The van der Waals surface area contributed by atoms with E-state index in [-0.39, 0.29) is 19.0 Å². The lowest BCUT2D eigenvalue weighted by molar-refractivity contribution is 0.000294. The lowest BCUT2D eigenvalue weighted by atomic mass is 10.2. The van der Waals surface area contributed by atoms with Gasteiger partial charge in [-0.1, -0.05) is 12.1 Å². The Kier molecular flexibility index (Phi) is 5.72. The third kappa shape index (κ3) is 3.63. The van der Waals surface area contributed by atoms with Crippen LogP contribution >= 0.6 is 0 Å². The Labute approximate surface area is 136 Å². The Hall–Kier alpha value is -2.65. The Bertz CT molecular complexity index is 794. The summed E-state index contributed by atoms with van der Waals surface area (Å²) in [6.07, 6.45) is -0.256. The average molecular weight is 340 g/mol. The molecule has 1 aromatic carbocycles. The van der Waals surface area contributed by atoms with Crippen molar-refractivity contribution in [3.63, 3.8) is 0 Å². The third-order valence-electron chi connectivity index (χ3n) is 3.33. The van der Waals surface area contributed by atoms with Crippen LogP contribution in [0.2, 0.25) is 0 Å². The number of rotatable bonds is 7. The van der Waals surface area contributed by atoms with Gasteiger partial charge in [-0.3, -0.25) is 14.3 Å². The molecule has 2 aromatic rings. The number of hydrogen-bond acceptors (Lipinski definition) is 6. The van der Waals surface area contributed by atoms with E-state index in [1.54, 1.807) is 18.2 Å². The summed E-state index contributed by atoms with van der Waals surface area (Å²) >= 11 is 0. The number of aromatic amines is 1. The van der Waals surface area contributed by atoms with Gasteiger partial charge in [-0.2, -0.15) is 4.39 Å². The van der Waals surface area contributed by atoms with Gasteiger partial charge in [-0.25, -0.2) is 4.79 Å². The Morgan fingerprint density at radius 1 is 1.33 bits per heavy atom. The molecule has 24 heavy (non-hydrogen) atoms. The smallest absolute Gasteiger partial charge is 0.330 e. The number of nitrogens with zero attached hydrogens (tertiary/aromatic N) is 1. The summed E-state index contributed by atoms with van der Waals surface area (Å²) in [7, 11) is 2.75. The number of methoxy groups -OCH3 is 2. The lowest BCUT2D eigenvalue weighted by Crippen LogP contribution is -2.36. The summed E-state index contributed by atoms with van der Waals surface area (Å²) in [5.74, 6) is -0.455.